The normalized spacial score (nSPS) is 17.1. The van der Waals surface area contributed by atoms with Crippen molar-refractivity contribution in [2.24, 2.45) is 5.73 Å². The SMILES string of the molecule is N#CB1CCN(CCOCCOCCN)CC1. The Balaban J connectivity index is 1.89. The summed E-state index contributed by atoms with van der Waals surface area (Å²) in [5, 5.41) is 8.78. The molecule has 0 aliphatic carbocycles. The molecular formula is C11H22BN3O2. The highest BCUT2D eigenvalue weighted by molar-refractivity contribution is 6.67. The monoisotopic (exact) mass is 239 g/mol. The van der Waals surface area contributed by atoms with Crippen molar-refractivity contribution in [2.75, 3.05) is 52.6 Å². The van der Waals surface area contributed by atoms with Crippen LogP contribution in [0.1, 0.15) is 0 Å². The summed E-state index contributed by atoms with van der Waals surface area (Å²) in [6.45, 7) is 6.41. The van der Waals surface area contributed by atoms with E-state index in [2.05, 4.69) is 10.9 Å². The van der Waals surface area contributed by atoms with Gasteiger partial charge in [0.25, 0.3) is 6.71 Å². The molecule has 1 rings (SSSR count). The second kappa shape index (κ2) is 9.43. The van der Waals surface area contributed by atoms with E-state index >= 15 is 0 Å². The Bertz CT molecular complexity index is 227. The maximum absolute atomic E-state index is 8.78. The van der Waals surface area contributed by atoms with Gasteiger partial charge in [0.1, 0.15) is 0 Å². The fourth-order valence-electron chi connectivity index (χ4n) is 1.88. The van der Waals surface area contributed by atoms with Gasteiger partial charge in [-0.15, -0.1) is 0 Å². The maximum atomic E-state index is 8.78. The molecule has 0 amide bonds. The maximum Gasteiger partial charge on any atom is 0.270 e. The van der Waals surface area contributed by atoms with E-state index in [1.807, 2.05) is 0 Å². The van der Waals surface area contributed by atoms with Crippen LogP contribution >= 0.6 is 0 Å². The summed E-state index contributed by atoms with van der Waals surface area (Å²) < 4.78 is 10.7. The van der Waals surface area contributed by atoms with Crippen LogP contribution in [0.15, 0.2) is 0 Å². The molecule has 96 valence electrons. The lowest BCUT2D eigenvalue weighted by atomic mass is 9.45. The number of hydrogen-bond donors (Lipinski definition) is 1. The van der Waals surface area contributed by atoms with E-state index in [-0.39, 0.29) is 6.71 Å². The second-order valence-corrected chi connectivity index (χ2v) is 4.26. The molecule has 0 atom stereocenters. The van der Waals surface area contributed by atoms with E-state index in [4.69, 9.17) is 20.5 Å². The zero-order chi connectivity index (χ0) is 12.3. The van der Waals surface area contributed by atoms with Crippen LogP contribution in [0.5, 0.6) is 0 Å². The van der Waals surface area contributed by atoms with E-state index < -0.39 is 0 Å². The summed E-state index contributed by atoms with van der Waals surface area (Å²) in [6.07, 6.45) is 1.99. The molecular weight excluding hydrogens is 217 g/mol. The molecule has 1 saturated heterocycles. The molecule has 0 bridgehead atoms. The molecule has 0 saturated carbocycles. The van der Waals surface area contributed by atoms with E-state index in [1.54, 1.807) is 0 Å². The van der Waals surface area contributed by atoms with Gasteiger partial charge < -0.3 is 20.1 Å². The zero-order valence-electron chi connectivity index (χ0n) is 10.4. The Hall–Kier alpha value is -0.605. The van der Waals surface area contributed by atoms with Crippen LogP contribution in [0.4, 0.5) is 0 Å². The van der Waals surface area contributed by atoms with Crippen molar-refractivity contribution >= 4 is 6.71 Å². The highest BCUT2D eigenvalue weighted by Crippen LogP contribution is 2.09. The van der Waals surface area contributed by atoms with Gasteiger partial charge in [-0.1, -0.05) is 0 Å². The van der Waals surface area contributed by atoms with Gasteiger partial charge in [0, 0.05) is 19.1 Å². The topological polar surface area (TPSA) is 71.5 Å². The highest BCUT2D eigenvalue weighted by atomic mass is 16.5. The lowest BCUT2D eigenvalue weighted by molar-refractivity contribution is 0.0417. The summed E-state index contributed by atoms with van der Waals surface area (Å²) in [5.74, 6) is 2.34. The van der Waals surface area contributed by atoms with Gasteiger partial charge in [-0.3, -0.25) is 0 Å². The summed E-state index contributed by atoms with van der Waals surface area (Å²) in [6, 6.07) is 0. The van der Waals surface area contributed by atoms with Crippen molar-refractivity contribution in [1.29, 1.82) is 5.26 Å². The van der Waals surface area contributed by atoms with E-state index in [0.29, 0.717) is 26.4 Å². The predicted octanol–water partition coefficient (Wildman–Crippen LogP) is -0.149. The zero-order valence-corrected chi connectivity index (χ0v) is 10.4. The van der Waals surface area contributed by atoms with Crippen molar-refractivity contribution in [3.8, 4) is 5.97 Å². The molecule has 0 aromatic rings. The number of nitriles is 1. The smallest absolute Gasteiger partial charge is 0.270 e. The van der Waals surface area contributed by atoms with Crippen molar-refractivity contribution in [3.63, 3.8) is 0 Å². The Labute approximate surface area is 104 Å². The first-order chi connectivity index (χ1) is 8.36. The molecule has 0 radical (unpaired) electrons. The molecule has 5 nitrogen and oxygen atoms in total. The molecule has 17 heavy (non-hydrogen) atoms. The number of hydrogen-bond acceptors (Lipinski definition) is 5. The van der Waals surface area contributed by atoms with Crippen LogP contribution in [0.25, 0.3) is 0 Å². The van der Waals surface area contributed by atoms with Crippen LogP contribution in [-0.4, -0.2) is 64.2 Å². The quantitative estimate of drug-likeness (QED) is 0.471. The first-order valence-electron chi connectivity index (χ1n) is 6.34. The molecule has 0 aromatic carbocycles. The molecule has 2 N–H and O–H groups in total. The van der Waals surface area contributed by atoms with Crippen LogP contribution in [0, 0.1) is 11.2 Å². The van der Waals surface area contributed by atoms with Gasteiger partial charge in [0.15, 0.2) is 0 Å². The van der Waals surface area contributed by atoms with Crippen molar-refractivity contribution < 1.29 is 9.47 Å². The van der Waals surface area contributed by atoms with Gasteiger partial charge in [0.2, 0.25) is 0 Å². The number of ether oxygens (including phenoxy) is 2. The third-order valence-electron chi connectivity index (χ3n) is 2.96. The van der Waals surface area contributed by atoms with Crippen molar-refractivity contribution in [2.45, 2.75) is 12.6 Å². The highest BCUT2D eigenvalue weighted by Gasteiger charge is 2.21. The molecule has 1 aliphatic rings. The minimum atomic E-state index is 0.261. The summed E-state index contributed by atoms with van der Waals surface area (Å²) in [4.78, 5) is 2.36. The largest absolute Gasteiger partial charge is 0.378 e. The number of nitrogens with zero attached hydrogens (tertiary/aromatic N) is 2. The average Bonchev–Trinajstić information content (AvgIpc) is 2.38. The molecule has 1 heterocycles. The Morgan fingerprint density at radius 1 is 1.12 bits per heavy atom. The van der Waals surface area contributed by atoms with Gasteiger partial charge in [-0.2, -0.15) is 0 Å². The van der Waals surface area contributed by atoms with Crippen LogP contribution in [0.3, 0.4) is 0 Å². The van der Waals surface area contributed by atoms with Crippen molar-refractivity contribution in [3.05, 3.63) is 0 Å². The predicted molar refractivity (Wildman–Crippen MR) is 68.1 cm³/mol. The van der Waals surface area contributed by atoms with Crippen LogP contribution < -0.4 is 5.73 Å². The molecule has 0 aromatic heterocycles. The van der Waals surface area contributed by atoms with Gasteiger partial charge >= 0.3 is 0 Å². The fraction of sp³-hybridized carbons (Fsp3) is 0.909. The third kappa shape index (κ3) is 6.64. The van der Waals surface area contributed by atoms with E-state index in [1.165, 1.54) is 0 Å². The second-order valence-electron chi connectivity index (χ2n) is 4.26. The molecule has 0 unspecified atom stereocenters. The first-order valence-corrected chi connectivity index (χ1v) is 6.34. The summed E-state index contributed by atoms with van der Waals surface area (Å²) in [7, 11) is 0. The van der Waals surface area contributed by atoms with Crippen LogP contribution in [-0.2, 0) is 9.47 Å². The first kappa shape index (κ1) is 14.5. The minimum absolute atomic E-state index is 0.261. The summed E-state index contributed by atoms with van der Waals surface area (Å²) >= 11 is 0. The standard InChI is InChI=1S/C11H22BN3O2/c13-3-7-16-9-10-17-8-6-15-4-1-12(11-14)2-5-15/h1-10,13H2. The lowest BCUT2D eigenvalue weighted by Gasteiger charge is -2.27. The fourth-order valence-corrected chi connectivity index (χ4v) is 1.88. The van der Waals surface area contributed by atoms with Crippen molar-refractivity contribution in [1.82, 2.24) is 4.90 Å². The lowest BCUT2D eigenvalue weighted by Crippen LogP contribution is -2.38. The van der Waals surface area contributed by atoms with Gasteiger partial charge in [-0.05, 0) is 25.7 Å². The van der Waals surface area contributed by atoms with Gasteiger partial charge in [0.05, 0.1) is 26.4 Å². The third-order valence-corrected chi connectivity index (χ3v) is 2.96. The molecule has 1 fully saturated rings. The minimum Gasteiger partial charge on any atom is -0.378 e. The Morgan fingerprint density at radius 3 is 2.35 bits per heavy atom. The molecule has 6 heteroatoms. The Kier molecular flexibility index (Phi) is 8.02. The van der Waals surface area contributed by atoms with Crippen LogP contribution in [0.2, 0.25) is 12.6 Å². The van der Waals surface area contributed by atoms with E-state index in [0.717, 1.165) is 38.9 Å². The van der Waals surface area contributed by atoms with Gasteiger partial charge in [-0.25, -0.2) is 5.26 Å². The molecule has 0 spiro atoms. The Morgan fingerprint density at radius 2 is 1.76 bits per heavy atom. The average molecular weight is 239 g/mol. The number of nitrogens with two attached hydrogens (primary N) is 1. The van der Waals surface area contributed by atoms with E-state index in [9.17, 15) is 0 Å². The number of rotatable bonds is 8. The summed E-state index contributed by atoms with van der Waals surface area (Å²) in [5.41, 5.74) is 5.29. The molecule has 1 aliphatic heterocycles.